The van der Waals surface area contributed by atoms with E-state index in [2.05, 4.69) is 4.37 Å². The zero-order valence-corrected chi connectivity index (χ0v) is 9.33. The van der Waals surface area contributed by atoms with E-state index in [0.29, 0.717) is 15.7 Å². The lowest BCUT2D eigenvalue weighted by molar-refractivity contribution is 1.52. The Labute approximate surface area is 95.4 Å². The van der Waals surface area contributed by atoms with Gasteiger partial charge in [-0.2, -0.15) is 4.37 Å². The summed E-state index contributed by atoms with van der Waals surface area (Å²) < 4.78 is 4.17. The fourth-order valence-electron chi connectivity index (χ4n) is 1.13. The van der Waals surface area contributed by atoms with Crippen molar-refractivity contribution in [1.82, 2.24) is 4.37 Å². The Bertz CT molecular complexity index is 468. The molecular weight excluding hydrogens is 239 g/mol. The van der Waals surface area contributed by atoms with E-state index in [-0.39, 0.29) is 0 Å². The van der Waals surface area contributed by atoms with E-state index in [1.165, 1.54) is 11.5 Å². The molecule has 0 aliphatic carbocycles. The van der Waals surface area contributed by atoms with Crippen molar-refractivity contribution in [3.05, 3.63) is 33.6 Å². The number of halogens is 2. The van der Waals surface area contributed by atoms with Gasteiger partial charge in [0.05, 0.1) is 10.7 Å². The second-order valence-corrected chi connectivity index (χ2v) is 4.22. The molecule has 0 atom stereocenters. The van der Waals surface area contributed by atoms with Crippen LogP contribution in [0.1, 0.15) is 0 Å². The summed E-state index contributed by atoms with van der Waals surface area (Å²) in [7, 11) is 0. The van der Waals surface area contributed by atoms with Crippen molar-refractivity contribution in [2.24, 2.45) is 0 Å². The first-order chi connectivity index (χ1) is 6.68. The lowest BCUT2D eigenvalue weighted by atomic mass is 10.1. The van der Waals surface area contributed by atoms with E-state index in [4.69, 9.17) is 28.9 Å². The molecule has 0 unspecified atom stereocenters. The van der Waals surface area contributed by atoms with Gasteiger partial charge in [-0.15, -0.1) is 0 Å². The van der Waals surface area contributed by atoms with E-state index in [1.54, 1.807) is 17.5 Å². The van der Waals surface area contributed by atoms with Crippen LogP contribution in [0, 0.1) is 0 Å². The Morgan fingerprint density at radius 1 is 1.29 bits per heavy atom. The maximum absolute atomic E-state index is 6.02. The molecule has 2 rings (SSSR count). The highest BCUT2D eigenvalue weighted by atomic mass is 35.5. The number of hydrogen-bond acceptors (Lipinski definition) is 3. The SMILES string of the molecule is Nc1csnc1-c1ccc(Cl)cc1Cl. The minimum Gasteiger partial charge on any atom is -0.396 e. The van der Waals surface area contributed by atoms with Crippen molar-refractivity contribution in [1.29, 1.82) is 0 Å². The summed E-state index contributed by atoms with van der Waals surface area (Å²) in [5.41, 5.74) is 7.91. The topological polar surface area (TPSA) is 38.9 Å². The van der Waals surface area contributed by atoms with Crippen LogP contribution in [0.25, 0.3) is 11.3 Å². The first-order valence-corrected chi connectivity index (χ1v) is 5.43. The molecule has 0 amide bonds. The van der Waals surface area contributed by atoms with Gasteiger partial charge < -0.3 is 5.73 Å². The number of rotatable bonds is 1. The number of benzene rings is 1. The summed E-state index contributed by atoms with van der Waals surface area (Å²) in [5.74, 6) is 0. The fourth-order valence-corrected chi connectivity index (χ4v) is 2.22. The Balaban J connectivity index is 2.58. The van der Waals surface area contributed by atoms with Crippen molar-refractivity contribution >= 4 is 40.4 Å². The molecule has 14 heavy (non-hydrogen) atoms. The number of nitrogen functional groups attached to an aromatic ring is 1. The minimum absolute atomic E-state index is 0.565. The molecule has 0 spiro atoms. The summed E-state index contributed by atoms with van der Waals surface area (Å²) >= 11 is 13.1. The van der Waals surface area contributed by atoms with E-state index in [1.807, 2.05) is 6.07 Å². The third kappa shape index (κ3) is 1.71. The van der Waals surface area contributed by atoms with E-state index in [9.17, 15) is 0 Å². The number of nitrogens with zero attached hydrogens (tertiary/aromatic N) is 1. The van der Waals surface area contributed by atoms with Crippen molar-refractivity contribution in [2.45, 2.75) is 0 Å². The fraction of sp³-hybridized carbons (Fsp3) is 0. The zero-order valence-electron chi connectivity index (χ0n) is 7.00. The van der Waals surface area contributed by atoms with E-state index >= 15 is 0 Å². The predicted octanol–water partition coefficient (Wildman–Crippen LogP) is 3.70. The first kappa shape index (κ1) is 9.77. The number of hydrogen-bond donors (Lipinski definition) is 1. The van der Waals surface area contributed by atoms with Crippen molar-refractivity contribution < 1.29 is 0 Å². The molecule has 2 aromatic rings. The Morgan fingerprint density at radius 2 is 2.07 bits per heavy atom. The summed E-state index contributed by atoms with van der Waals surface area (Å²) in [4.78, 5) is 0. The van der Waals surface area contributed by atoms with Gasteiger partial charge in [0.15, 0.2) is 0 Å². The van der Waals surface area contributed by atoms with Gasteiger partial charge in [-0.05, 0) is 29.7 Å². The van der Waals surface area contributed by atoms with Gasteiger partial charge in [0, 0.05) is 16.0 Å². The quantitative estimate of drug-likeness (QED) is 0.831. The smallest absolute Gasteiger partial charge is 0.108 e. The second-order valence-electron chi connectivity index (χ2n) is 2.74. The van der Waals surface area contributed by atoms with E-state index in [0.717, 1.165) is 11.3 Å². The van der Waals surface area contributed by atoms with Crippen LogP contribution >= 0.6 is 34.7 Å². The Kier molecular flexibility index (Phi) is 2.63. The molecule has 1 aromatic carbocycles. The van der Waals surface area contributed by atoms with Crippen molar-refractivity contribution in [2.75, 3.05) is 5.73 Å². The molecule has 0 saturated carbocycles. The van der Waals surface area contributed by atoms with Gasteiger partial charge in [0.1, 0.15) is 5.69 Å². The molecule has 2 N–H and O–H groups in total. The maximum Gasteiger partial charge on any atom is 0.108 e. The first-order valence-electron chi connectivity index (χ1n) is 3.84. The molecule has 0 radical (unpaired) electrons. The maximum atomic E-state index is 6.02. The van der Waals surface area contributed by atoms with Gasteiger partial charge in [0.2, 0.25) is 0 Å². The molecule has 0 aliphatic heterocycles. The van der Waals surface area contributed by atoms with Crippen LogP contribution in [0.3, 0.4) is 0 Å². The normalized spacial score (nSPS) is 10.4. The van der Waals surface area contributed by atoms with Crippen LogP contribution in [0.5, 0.6) is 0 Å². The number of aromatic nitrogens is 1. The highest BCUT2D eigenvalue weighted by molar-refractivity contribution is 7.04. The lowest BCUT2D eigenvalue weighted by Gasteiger charge is -2.01. The number of anilines is 1. The monoisotopic (exact) mass is 244 g/mol. The molecule has 1 heterocycles. The third-order valence-corrected chi connectivity index (χ3v) is 2.98. The molecule has 72 valence electrons. The van der Waals surface area contributed by atoms with Crippen molar-refractivity contribution in [3.63, 3.8) is 0 Å². The van der Waals surface area contributed by atoms with Crippen LogP contribution in [-0.4, -0.2) is 4.37 Å². The standard InChI is InChI=1S/C9H6Cl2N2S/c10-5-1-2-6(7(11)3-5)9-8(12)4-14-13-9/h1-4H,12H2. The highest BCUT2D eigenvalue weighted by Gasteiger charge is 2.09. The van der Waals surface area contributed by atoms with Crippen LogP contribution in [0.15, 0.2) is 23.6 Å². The minimum atomic E-state index is 0.565. The summed E-state index contributed by atoms with van der Waals surface area (Å²) in [5, 5.41) is 2.95. The highest BCUT2D eigenvalue weighted by Crippen LogP contribution is 2.33. The van der Waals surface area contributed by atoms with Gasteiger partial charge in [-0.25, -0.2) is 0 Å². The second kappa shape index (κ2) is 3.77. The van der Waals surface area contributed by atoms with Gasteiger partial charge >= 0.3 is 0 Å². The predicted molar refractivity (Wildman–Crippen MR) is 62.0 cm³/mol. The lowest BCUT2D eigenvalue weighted by Crippen LogP contribution is -1.87. The van der Waals surface area contributed by atoms with E-state index < -0.39 is 0 Å². The molecular formula is C9H6Cl2N2S. The molecule has 5 heteroatoms. The zero-order chi connectivity index (χ0) is 10.1. The average molecular weight is 245 g/mol. The Hall–Kier alpha value is -0.770. The molecule has 0 aliphatic rings. The van der Waals surface area contributed by atoms with Crippen LogP contribution < -0.4 is 5.73 Å². The van der Waals surface area contributed by atoms with Crippen LogP contribution in [-0.2, 0) is 0 Å². The van der Waals surface area contributed by atoms with Gasteiger partial charge in [-0.1, -0.05) is 23.2 Å². The Morgan fingerprint density at radius 3 is 2.64 bits per heavy atom. The summed E-state index contributed by atoms with van der Waals surface area (Å²) in [6.45, 7) is 0. The molecule has 1 aromatic heterocycles. The third-order valence-electron chi connectivity index (χ3n) is 1.78. The van der Waals surface area contributed by atoms with Gasteiger partial charge in [0.25, 0.3) is 0 Å². The molecule has 0 fully saturated rings. The summed E-state index contributed by atoms with van der Waals surface area (Å²) in [6, 6.07) is 5.26. The molecule has 0 bridgehead atoms. The van der Waals surface area contributed by atoms with Crippen LogP contribution in [0.2, 0.25) is 10.0 Å². The summed E-state index contributed by atoms with van der Waals surface area (Å²) in [6.07, 6.45) is 0. The van der Waals surface area contributed by atoms with Gasteiger partial charge in [-0.3, -0.25) is 0 Å². The molecule has 2 nitrogen and oxygen atoms in total. The molecule has 0 saturated heterocycles. The average Bonchev–Trinajstić information content (AvgIpc) is 2.52. The van der Waals surface area contributed by atoms with Crippen molar-refractivity contribution in [3.8, 4) is 11.3 Å². The largest absolute Gasteiger partial charge is 0.396 e. The van der Waals surface area contributed by atoms with Crippen LogP contribution in [0.4, 0.5) is 5.69 Å². The number of nitrogens with two attached hydrogens (primary N) is 1.